The minimum Gasteiger partial charge on any atom is -0.496 e. The number of likely N-dealkylation sites (N-methyl/N-ethyl adjacent to an activating group) is 1. The fourth-order valence-corrected chi connectivity index (χ4v) is 4.84. The number of carboxylic acid groups (broad SMARTS) is 1. The first-order valence-corrected chi connectivity index (χ1v) is 14.8. The number of carbonyl (C=O) groups is 4. The standard InChI is InChI=1S/C29H35N3O5.C5H11NO/c1-4-7-20(2)17-32(28(34)14-15-30)26-9-6-5-8-25(26)31(19-33)18-24-23-12-10-22(29(35)36)16-21(23)11-13-27(24)37-3;1-4(6-3)5(2)7/h5-6,8-13,16,19-20H,4,7,14-15,17-18,30H2,1-3H3,(H,35,36);4,6H,1-3H3/t;4-/m.0/s1. The molecule has 0 spiro atoms. The van der Waals surface area contributed by atoms with Crippen molar-refractivity contribution in [2.75, 3.05) is 37.0 Å². The van der Waals surface area contributed by atoms with Gasteiger partial charge in [-0.25, -0.2) is 4.79 Å². The summed E-state index contributed by atoms with van der Waals surface area (Å²) >= 11 is 0. The van der Waals surface area contributed by atoms with Crippen LogP contribution in [0.25, 0.3) is 10.8 Å². The molecule has 0 radical (unpaired) electrons. The molecular weight excluding hydrogens is 560 g/mol. The number of ketones is 1. The second kappa shape index (κ2) is 17.7. The molecule has 0 saturated heterocycles. The number of carbonyl (C=O) groups excluding carboxylic acids is 3. The molecule has 0 fully saturated rings. The predicted octanol–water partition coefficient (Wildman–Crippen LogP) is 5.01. The van der Waals surface area contributed by atoms with Crippen LogP contribution in [0.4, 0.5) is 11.4 Å². The lowest BCUT2D eigenvalue weighted by Crippen LogP contribution is -2.37. The fourth-order valence-electron chi connectivity index (χ4n) is 4.84. The number of rotatable bonds is 15. The summed E-state index contributed by atoms with van der Waals surface area (Å²) in [5.74, 6) is -0.0731. The summed E-state index contributed by atoms with van der Waals surface area (Å²) in [5.41, 5.74) is 7.85. The summed E-state index contributed by atoms with van der Waals surface area (Å²) in [4.78, 5) is 50.7. The number of anilines is 2. The van der Waals surface area contributed by atoms with Gasteiger partial charge < -0.3 is 30.7 Å². The van der Waals surface area contributed by atoms with Crippen molar-refractivity contribution in [3.63, 3.8) is 0 Å². The number of nitrogens with one attached hydrogen (secondary N) is 1. The van der Waals surface area contributed by atoms with Crippen molar-refractivity contribution in [1.82, 2.24) is 5.32 Å². The number of nitrogens with zero attached hydrogens (tertiary/aromatic N) is 2. The normalized spacial score (nSPS) is 12.0. The number of aromatic carboxylic acids is 1. The van der Waals surface area contributed by atoms with Crippen LogP contribution in [0.15, 0.2) is 54.6 Å². The van der Waals surface area contributed by atoms with E-state index in [4.69, 9.17) is 10.5 Å². The quantitative estimate of drug-likeness (QED) is 0.205. The van der Waals surface area contributed by atoms with Gasteiger partial charge in [0.15, 0.2) is 0 Å². The van der Waals surface area contributed by atoms with Crippen LogP contribution in [0, 0.1) is 5.92 Å². The number of methoxy groups -OCH3 is 1. The zero-order valence-electron chi connectivity index (χ0n) is 26.6. The topological polar surface area (TPSA) is 142 Å². The average Bonchev–Trinajstić information content (AvgIpc) is 3.02. The van der Waals surface area contributed by atoms with Crippen LogP contribution < -0.4 is 25.6 Å². The van der Waals surface area contributed by atoms with Crippen LogP contribution >= 0.6 is 0 Å². The van der Waals surface area contributed by atoms with Gasteiger partial charge in [-0.15, -0.1) is 0 Å². The lowest BCUT2D eigenvalue weighted by Gasteiger charge is -2.31. The molecule has 1 unspecified atom stereocenters. The highest BCUT2D eigenvalue weighted by atomic mass is 16.5. The van der Waals surface area contributed by atoms with Crippen molar-refractivity contribution in [3.05, 3.63) is 65.7 Å². The van der Waals surface area contributed by atoms with Gasteiger partial charge in [-0.2, -0.15) is 0 Å². The van der Waals surface area contributed by atoms with Crippen molar-refractivity contribution in [3.8, 4) is 5.75 Å². The molecule has 0 aliphatic heterocycles. The molecular formula is C34H46N4O6. The number of hydrogen-bond donors (Lipinski definition) is 3. The third kappa shape index (κ3) is 9.62. The minimum absolute atomic E-state index is 0.0139. The molecule has 2 atom stereocenters. The Morgan fingerprint density at radius 1 is 1.07 bits per heavy atom. The molecule has 238 valence electrons. The Labute approximate surface area is 260 Å². The molecule has 0 aromatic heterocycles. The summed E-state index contributed by atoms with van der Waals surface area (Å²) in [5, 5.41) is 13.7. The molecule has 0 aliphatic rings. The first-order valence-electron chi connectivity index (χ1n) is 14.8. The van der Waals surface area contributed by atoms with Crippen LogP contribution in [0.5, 0.6) is 5.75 Å². The first-order chi connectivity index (χ1) is 21.0. The molecule has 2 amide bonds. The van der Waals surface area contributed by atoms with Gasteiger partial charge in [0, 0.05) is 25.1 Å². The Morgan fingerprint density at radius 3 is 2.27 bits per heavy atom. The lowest BCUT2D eigenvalue weighted by molar-refractivity contribution is -0.119. The van der Waals surface area contributed by atoms with E-state index in [2.05, 4.69) is 19.2 Å². The number of amides is 2. The van der Waals surface area contributed by atoms with Crippen molar-refractivity contribution in [2.45, 2.75) is 59.5 Å². The van der Waals surface area contributed by atoms with E-state index in [1.807, 2.05) is 31.2 Å². The van der Waals surface area contributed by atoms with E-state index in [1.54, 1.807) is 55.1 Å². The maximum Gasteiger partial charge on any atom is 0.335 e. The number of fused-ring (bicyclic) bond motifs is 1. The van der Waals surface area contributed by atoms with E-state index in [9.17, 15) is 24.3 Å². The van der Waals surface area contributed by atoms with Crippen molar-refractivity contribution in [1.29, 1.82) is 0 Å². The lowest BCUT2D eigenvalue weighted by atomic mass is 10.00. The predicted molar refractivity (Wildman–Crippen MR) is 175 cm³/mol. The zero-order valence-corrected chi connectivity index (χ0v) is 26.6. The number of Topliss-reactive ketones (excluding diaryl/α,β-unsaturated/α-hetero) is 1. The summed E-state index contributed by atoms with van der Waals surface area (Å²) in [6, 6.07) is 15.8. The van der Waals surface area contributed by atoms with E-state index < -0.39 is 5.97 Å². The van der Waals surface area contributed by atoms with Gasteiger partial charge in [0.2, 0.25) is 12.3 Å². The van der Waals surface area contributed by atoms with Crippen LogP contribution in [0.1, 0.15) is 62.9 Å². The second-order valence-corrected chi connectivity index (χ2v) is 10.8. The van der Waals surface area contributed by atoms with Gasteiger partial charge in [0.05, 0.1) is 36.6 Å². The summed E-state index contributed by atoms with van der Waals surface area (Å²) in [7, 11) is 3.32. The number of para-hydroxylation sites is 2. The van der Waals surface area contributed by atoms with Crippen molar-refractivity contribution >= 4 is 46.2 Å². The largest absolute Gasteiger partial charge is 0.496 e. The van der Waals surface area contributed by atoms with Gasteiger partial charge in [0.25, 0.3) is 0 Å². The molecule has 44 heavy (non-hydrogen) atoms. The van der Waals surface area contributed by atoms with E-state index in [1.165, 1.54) is 6.07 Å². The Balaban J connectivity index is 0.000000860. The maximum absolute atomic E-state index is 13.1. The Hall–Kier alpha value is -4.28. The van der Waals surface area contributed by atoms with Gasteiger partial charge in [0.1, 0.15) is 11.5 Å². The molecule has 0 saturated carbocycles. The highest BCUT2D eigenvalue weighted by Gasteiger charge is 2.24. The Morgan fingerprint density at radius 2 is 1.75 bits per heavy atom. The van der Waals surface area contributed by atoms with Gasteiger partial charge in [-0.1, -0.05) is 44.5 Å². The van der Waals surface area contributed by atoms with Crippen LogP contribution in [0.3, 0.4) is 0 Å². The highest BCUT2D eigenvalue weighted by molar-refractivity contribution is 6.00. The molecule has 0 heterocycles. The number of benzene rings is 3. The molecule has 3 rings (SSSR count). The third-order valence-electron chi connectivity index (χ3n) is 7.47. The van der Waals surface area contributed by atoms with Crippen molar-refractivity contribution < 1.29 is 29.0 Å². The average molecular weight is 607 g/mol. The van der Waals surface area contributed by atoms with E-state index in [-0.39, 0.29) is 48.7 Å². The zero-order chi connectivity index (χ0) is 32.8. The van der Waals surface area contributed by atoms with Gasteiger partial charge >= 0.3 is 5.97 Å². The molecule has 0 aliphatic carbocycles. The van der Waals surface area contributed by atoms with Crippen LogP contribution in [-0.4, -0.2) is 62.5 Å². The van der Waals surface area contributed by atoms with Crippen LogP contribution in [-0.2, 0) is 20.9 Å². The molecule has 3 aromatic rings. The third-order valence-corrected chi connectivity index (χ3v) is 7.47. The maximum atomic E-state index is 13.1. The molecule has 0 bridgehead atoms. The summed E-state index contributed by atoms with van der Waals surface area (Å²) in [6.45, 7) is 8.55. The van der Waals surface area contributed by atoms with E-state index in [0.29, 0.717) is 23.7 Å². The van der Waals surface area contributed by atoms with Gasteiger partial charge in [-0.05, 0) is 74.3 Å². The number of carboxylic acids is 1. The van der Waals surface area contributed by atoms with E-state index in [0.717, 1.165) is 35.6 Å². The number of nitrogens with two attached hydrogens (primary N) is 1. The van der Waals surface area contributed by atoms with Gasteiger partial charge in [-0.3, -0.25) is 14.4 Å². The fraction of sp³-hybridized carbons (Fsp3) is 0.412. The Bertz CT molecular complexity index is 1430. The highest BCUT2D eigenvalue weighted by Crippen LogP contribution is 2.35. The number of hydrogen-bond acceptors (Lipinski definition) is 7. The first kappa shape index (κ1) is 35.9. The van der Waals surface area contributed by atoms with E-state index >= 15 is 0 Å². The molecule has 10 nitrogen and oxygen atoms in total. The summed E-state index contributed by atoms with van der Waals surface area (Å²) in [6.07, 6.45) is 2.92. The monoisotopic (exact) mass is 606 g/mol. The SMILES string of the molecule is CCCC(C)CN(C(=O)CCN)c1ccccc1N(C=O)Cc1c(OC)ccc2cc(C(=O)O)ccc12.CN[C@@H](C)C(C)=O. The molecule has 4 N–H and O–H groups in total. The molecule has 3 aromatic carbocycles. The molecule has 10 heteroatoms. The second-order valence-electron chi connectivity index (χ2n) is 10.8. The van der Waals surface area contributed by atoms with Crippen LogP contribution in [0.2, 0.25) is 0 Å². The summed E-state index contributed by atoms with van der Waals surface area (Å²) < 4.78 is 5.60. The smallest absolute Gasteiger partial charge is 0.335 e. The number of ether oxygens (including phenoxy) is 1. The minimum atomic E-state index is -1.01. The van der Waals surface area contributed by atoms with Crippen molar-refractivity contribution in [2.24, 2.45) is 11.7 Å². The Kier molecular flexibility index (Phi) is 14.5.